The monoisotopic (exact) mass is 332 g/mol. The molecule has 3 aromatic rings. The second kappa shape index (κ2) is 6.93. The van der Waals surface area contributed by atoms with Crippen molar-refractivity contribution in [2.45, 2.75) is 6.10 Å². The highest BCUT2D eigenvalue weighted by Crippen LogP contribution is 2.32. The molecular weight excluding hydrogens is 315 g/mol. The molecule has 0 aliphatic carbocycles. The van der Waals surface area contributed by atoms with E-state index in [4.69, 9.17) is 4.74 Å². The number of aromatic nitrogens is 1. The second-order valence-electron chi connectivity index (χ2n) is 5.10. The summed E-state index contributed by atoms with van der Waals surface area (Å²) in [5.41, 5.74) is 3.00. The molecule has 0 unspecified atom stereocenters. The number of halogens is 1. The van der Waals surface area contributed by atoms with Crippen molar-refractivity contribution in [2.24, 2.45) is 0 Å². The van der Waals surface area contributed by atoms with Gasteiger partial charge in [0.05, 0.1) is 10.2 Å². The molecule has 0 bridgehead atoms. The van der Waals surface area contributed by atoms with Crippen molar-refractivity contribution < 1.29 is 14.2 Å². The van der Waals surface area contributed by atoms with Crippen LogP contribution in [0.5, 0.6) is 5.75 Å². The van der Waals surface area contributed by atoms with E-state index in [-0.39, 0.29) is 6.61 Å². The lowest BCUT2D eigenvalue weighted by Crippen LogP contribution is -2.19. The Kier molecular flexibility index (Phi) is 4.73. The van der Waals surface area contributed by atoms with Gasteiger partial charge in [0.15, 0.2) is 0 Å². The molecule has 0 radical (unpaired) electrons. The minimum atomic E-state index is -1.09. The normalized spacial score (nSPS) is 12.3. The van der Waals surface area contributed by atoms with Crippen LogP contribution >= 0.6 is 11.3 Å². The maximum atomic E-state index is 12.2. The molecule has 0 amide bonds. The highest BCUT2D eigenvalue weighted by Gasteiger charge is 2.09. The fourth-order valence-corrected chi connectivity index (χ4v) is 3.13. The number of alkyl halides is 1. The lowest BCUT2D eigenvalue weighted by atomic mass is 10.2. The predicted octanol–water partition coefficient (Wildman–Crippen LogP) is 3.71. The van der Waals surface area contributed by atoms with Gasteiger partial charge in [-0.05, 0) is 42.5 Å². The van der Waals surface area contributed by atoms with Gasteiger partial charge in [0.25, 0.3) is 0 Å². The molecule has 1 atom stereocenters. The smallest absolute Gasteiger partial charge is 0.124 e. The van der Waals surface area contributed by atoms with E-state index in [9.17, 15) is 9.50 Å². The van der Waals surface area contributed by atoms with Gasteiger partial charge in [-0.15, -0.1) is 11.3 Å². The summed E-state index contributed by atoms with van der Waals surface area (Å²) in [6.07, 6.45) is -1.09. The minimum Gasteiger partial charge on any atom is -0.491 e. The molecule has 6 heteroatoms. The molecule has 0 saturated heterocycles. The van der Waals surface area contributed by atoms with Gasteiger partial charge in [-0.25, -0.2) is 9.37 Å². The summed E-state index contributed by atoms with van der Waals surface area (Å²) in [6, 6.07) is 13.6. The third kappa shape index (κ3) is 3.60. The van der Waals surface area contributed by atoms with Crippen LogP contribution in [-0.2, 0) is 0 Å². The van der Waals surface area contributed by atoms with Crippen LogP contribution in [0.2, 0.25) is 0 Å². The number of ether oxygens (including phenoxy) is 1. The summed E-state index contributed by atoms with van der Waals surface area (Å²) >= 11 is 1.57. The fourth-order valence-electron chi connectivity index (χ4n) is 2.13. The van der Waals surface area contributed by atoms with Crippen LogP contribution in [0.15, 0.2) is 42.5 Å². The first-order chi connectivity index (χ1) is 11.2. The zero-order valence-corrected chi connectivity index (χ0v) is 13.4. The molecule has 2 aromatic carbocycles. The number of benzene rings is 2. The van der Waals surface area contributed by atoms with E-state index in [1.807, 2.05) is 43.4 Å². The molecule has 2 N–H and O–H groups in total. The van der Waals surface area contributed by atoms with E-state index in [2.05, 4.69) is 10.3 Å². The Morgan fingerprint density at radius 1 is 1.26 bits per heavy atom. The zero-order valence-electron chi connectivity index (χ0n) is 12.6. The van der Waals surface area contributed by atoms with Crippen molar-refractivity contribution >= 4 is 27.2 Å². The molecule has 0 aliphatic rings. The van der Waals surface area contributed by atoms with Gasteiger partial charge in [-0.2, -0.15) is 0 Å². The van der Waals surface area contributed by atoms with Gasteiger partial charge in [-0.3, -0.25) is 0 Å². The molecule has 0 saturated carbocycles. The van der Waals surface area contributed by atoms with Gasteiger partial charge in [0.1, 0.15) is 30.1 Å². The average Bonchev–Trinajstić information content (AvgIpc) is 3.03. The maximum Gasteiger partial charge on any atom is 0.124 e. The summed E-state index contributed by atoms with van der Waals surface area (Å²) in [6.45, 7) is -0.866. The zero-order chi connectivity index (χ0) is 16.2. The number of fused-ring (bicyclic) bond motifs is 1. The minimum absolute atomic E-state index is 0.0564. The lowest BCUT2D eigenvalue weighted by molar-refractivity contribution is 0.0842. The number of aliphatic hydroxyl groups excluding tert-OH is 1. The van der Waals surface area contributed by atoms with Crippen LogP contribution in [0.3, 0.4) is 0 Å². The van der Waals surface area contributed by atoms with Crippen LogP contribution in [0.1, 0.15) is 0 Å². The van der Waals surface area contributed by atoms with Crippen molar-refractivity contribution in [3.63, 3.8) is 0 Å². The SMILES string of the molecule is CNc1ccc(-c2nc3ccc(OC[C@H](O)CF)cc3s2)cc1. The van der Waals surface area contributed by atoms with Gasteiger partial charge in [0, 0.05) is 18.3 Å². The highest BCUT2D eigenvalue weighted by atomic mass is 32.1. The summed E-state index contributed by atoms with van der Waals surface area (Å²) in [5.74, 6) is 0.603. The first-order valence-electron chi connectivity index (χ1n) is 7.25. The molecule has 1 heterocycles. The molecule has 0 fully saturated rings. The van der Waals surface area contributed by atoms with E-state index in [0.717, 1.165) is 26.5 Å². The number of rotatable bonds is 6. The number of hydrogen-bond acceptors (Lipinski definition) is 5. The Morgan fingerprint density at radius 2 is 2.04 bits per heavy atom. The predicted molar refractivity (Wildman–Crippen MR) is 92.1 cm³/mol. The molecule has 4 nitrogen and oxygen atoms in total. The summed E-state index contributed by atoms with van der Waals surface area (Å²) < 4.78 is 18.6. The average molecular weight is 332 g/mol. The molecular formula is C17H17FN2O2S. The van der Waals surface area contributed by atoms with Gasteiger partial charge < -0.3 is 15.2 Å². The van der Waals surface area contributed by atoms with Gasteiger partial charge in [0.2, 0.25) is 0 Å². The third-order valence-electron chi connectivity index (χ3n) is 3.40. The van der Waals surface area contributed by atoms with Crippen LogP contribution in [0.4, 0.5) is 10.1 Å². The van der Waals surface area contributed by atoms with E-state index in [1.165, 1.54) is 0 Å². The lowest BCUT2D eigenvalue weighted by Gasteiger charge is -2.08. The van der Waals surface area contributed by atoms with Crippen molar-refractivity contribution in [3.05, 3.63) is 42.5 Å². The Morgan fingerprint density at radius 3 is 2.74 bits per heavy atom. The summed E-state index contributed by atoms with van der Waals surface area (Å²) in [4.78, 5) is 4.62. The topological polar surface area (TPSA) is 54.4 Å². The first kappa shape index (κ1) is 15.7. The fraction of sp³-hybridized carbons (Fsp3) is 0.235. The van der Waals surface area contributed by atoms with Crippen LogP contribution in [-0.4, -0.2) is 36.5 Å². The van der Waals surface area contributed by atoms with E-state index in [1.54, 1.807) is 17.4 Å². The number of nitrogens with one attached hydrogen (secondary N) is 1. The van der Waals surface area contributed by atoms with Crippen molar-refractivity contribution in [3.8, 4) is 16.3 Å². The Labute approximate surface area is 137 Å². The van der Waals surface area contributed by atoms with Crippen LogP contribution in [0.25, 0.3) is 20.8 Å². The summed E-state index contributed by atoms with van der Waals surface area (Å²) in [7, 11) is 1.88. The quantitative estimate of drug-likeness (QED) is 0.722. The molecule has 1 aromatic heterocycles. The maximum absolute atomic E-state index is 12.2. The Hall–Kier alpha value is -2.18. The number of hydrogen-bond donors (Lipinski definition) is 2. The van der Waals surface area contributed by atoms with Crippen molar-refractivity contribution in [1.29, 1.82) is 0 Å². The van der Waals surface area contributed by atoms with E-state index < -0.39 is 12.8 Å². The molecule has 23 heavy (non-hydrogen) atoms. The molecule has 120 valence electrons. The highest BCUT2D eigenvalue weighted by molar-refractivity contribution is 7.21. The van der Waals surface area contributed by atoms with Gasteiger partial charge in [-0.1, -0.05) is 0 Å². The molecule has 0 aliphatic heterocycles. The van der Waals surface area contributed by atoms with Crippen molar-refractivity contribution in [1.82, 2.24) is 4.98 Å². The van der Waals surface area contributed by atoms with Crippen molar-refractivity contribution in [2.75, 3.05) is 25.6 Å². The largest absolute Gasteiger partial charge is 0.491 e. The van der Waals surface area contributed by atoms with Gasteiger partial charge >= 0.3 is 0 Å². The third-order valence-corrected chi connectivity index (χ3v) is 4.47. The standard InChI is InChI=1S/C17H17FN2O2S/c1-19-12-4-2-11(3-5-12)17-20-15-7-6-14(8-16(15)23-17)22-10-13(21)9-18/h2-8,13,19,21H,9-10H2,1H3/t13-/m1/s1. The molecule has 0 spiro atoms. The number of nitrogens with zero attached hydrogens (tertiary/aromatic N) is 1. The Balaban J connectivity index is 1.83. The van der Waals surface area contributed by atoms with Crippen LogP contribution in [0, 0.1) is 0 Å². The number of aliphatic hydroxyl groups is 1. The number of thiazole rings is 1. The molecule has 3 rings (SSSR count). The van der Waals surface area contributed by atoms with Crippen LogP contribution < -0.4 is 10.1 Å². The second-order valence-corrected chi connectivity index (χ2v) is 6.13. The van der Waals surface area contributed by atoms with E-state index in [0.29, 0.717) is 5.75 Å². The summed E-state index contributed by atoms with van der Waals surface area (Å²) in [5, 5.41) is 13.2. The van der Waals surface area contributed by atoms with E-state index >= 15 is 0 Å². The first-order valence-corrected chi connectivity index (χ1v) is 8.07. The Bertz CT molecular complexity index is 789. The number of anilines is 1.